The average molecular weight is 287 g/mol. The van der Waals surface area contributed by atoms with Crippen LogP contribution >= 0.6 is 11.3 Å². The second-order valence-corrected chi connectivity index (χ2v) is 5.36. The molecule has 0 aliphatic rings. The Morgan fingerprint density at radius 2 is 1.95 bits per heavy atom. The molecule has 0 fully saturated rings. The number of thiazole rings is 1. The van der Waals surface area contributed by atoms with Crippen LogP contribution in [0.2, 0.25) is 0 Å². The molecule has 0 aromatic carbocycles. The van der Waals surface area contributed by atoms with Gasteiger partial charge in [-0.15, -0.1) is 11.3 Å². The number of hydrogen-bond donors (Lipinski definition) is 2. The molecule has 19 heavy (non-hydrogen) atoms. The molecule has 0 saturated carbocycles. The fourth-order valence-corrected chi connectivity index (χ4v) is 2.35. The van der Waals surface area contributed by atoms with Crippen LogP contribution in [0.3, 0.4) is 0 Å². The maximum atomic E-state index is 11.6. The molecule has 0 aliphatic heterocycles. The third kappa shape index (κ3) is 5.65. The van der Waals surface area contributed by atoms with E-state index in [4.69, 9.17) is 10.2 Å². The van der Waals surface area contributed by atoms with Gasteiger partial charge in [0.1, 0.15) is 5.01 Å². The average Bonchev–Trinajstić information content (AvgIpc) is 2.77. The Bertz CT molecular complexity index is 389. The maximum Gasteiger partial charge on any atom is 0.228 e. The van der Waals surface area contributed by atoms with E-state index in [0.717, 1.165) is 10.7 Å². The molecule has 0 bridgehead atoms. The van der Waals surface area contributed by atoms with Gasteiger partial charge in [-0.25, -0.2) is 4.98 Å². The Hall–Kier alpha value is -1.02. The van der Waals surface area contributed by atoms with E-state index in [2.05, 4.69) is 4.98 Å². The molecule has 0 saturated heterocycles. The highest BCUT2D eigenvalue weighted by Crippen LogP contribution is 2.13. The quantitative estimate of drug-likeness (QED) is 0.678. The molecule has 0 spiro atoms. The van der Waals surface area contributed by atoms with E-state index in [-0.39, 0.29) is 19.1 Å². The van der Waals surface area contributed by atoms with E-state index in [9.17, 15) is 4.79 Å². The molecule has 1 rings (SSSR count). The van der Waals surface area contributed by atoms with Gasteiger partial charge < -0.3 is 15.1 Å². The van der Waals surface area contributed by atoms with Gasteiger partial charge in [0.05, 0.1) is 25.3 Å². The lowest BCUT2D eigenvalue weighted by Crippen LogP contribution is -2.29. The number of hydrogen-bond acceptors (Lipinski definition) is 6. The van der Waals surface area contributed by atoms with Gasteiger partial charge in [-0.3, -0.25) is 9.69 Å². The van der Waals surface area contributed by atoms with Crippen molar-refractivity contribution >= 4 is 17.2 Å². The van der Waals surface area contributed by atoms with Gasteiger partial charge in [0.25, 0.3) is 0 Å². The highest BCUT2D eigenvalue weighted by Gasteiger charge is 2.11. The monoisotopic (exact) mass is 287 g/mol. The number of carbonyl (C=O) groups excluding carboxylic acids is 1. The molecule has 6 nitrogen and oxygen atoms in total. The third-order valence-corrected chi connectivity index (χ3v) is 3.52. The molecule has 0 unspecified atom stereocenters. The number of aromatic nitrogens is 1. The van der Waals surface area contributed by atoms with Crippen molar-refractivity contribution in [1.29, 1.82) is 0 Å². The van der Waals surface area contributed by atoms with Crippen LogP contribution < -0.4 is 0 Å². The van der Waals surface area contributed by atoms with Gasteiger partial charge >= 0.3 is 0 Å². The van der Waals surface area contributed by atoms with Crippen LogP contribution in [0.15, 0.2) is 5.38 Å². The highest BCUT2D eigenvalue weighted by molar-refractivity contribution is 7.09. The SMILES string of the molecule is CN(C)C(=O)Cc1nc(CN(CCO)CCO)cs1. The first-order valence-electron chi connectivity index (χ1n) is 6.14. The predicted molar refractivity (Wildman–Crippen MR) is 74.0 cm³/mol. The van der Waals surface area contributed by atoms with Gasteiger partial charge in [0.2, 0.25) is 5.91 Å². The largest absolute Gasteiger partial charge is 0.395 e. The summed E-state index contributed by atoms with van der Waals surface area (Å²) in [5.41, 5.74) is 0.869. The molecular weight excluding hydrogens is 266 g/mol. The lowest BCUT2D eigenvalue weighted by molar-refractivity contribution is -0.127. The molecule has 1 heterocycles. The van der Waals surface area contributed by atoms with Crippen LogP contribution in [-0.4, -0.2) is 71.3 Å². The number of carbonyl (C=O) groups is 1. The van der Waals surface area contributed by atoms with Gasteiger partial charge in [-0.2, -0.15) is 0 Å². The first-order valence-corrected chi connectivity index (χ1v) is 7.02. The van der Waals surface area contributed by atoms with Crippen LogP contribution in [0.25, 0.3) is 0 Å². The number of amides is 1. The number of aliphatic hydroxyl groups excluding tert-OH is 2. The van der Waals surface area contributed by atoms with Crippen LogP contribution in [0.4, 0.5) is 0 Å². The number of likely N-dealkylation sites (N-methyl/N-ethyl adjacent to an activating group) is 1. The van der Waals surface area contributed by atoms with Gasteiger partial charge in [0.15, 0.2) is 0 Å². The van der Waals surface area contributed by atoms with E-state index >= 15 is 0 Å². The van der Waals surface area contributed by atoms with Crippen molar-refractivity contribution in [2.75, 3.05) is 40.4 Å². The zero-order chi connectivity index (χ0) is 14.3. The Morgan fingerprint density at radius 3 is 2.47 bits per heavy atom. The van der Waals surface area contributed by atoms with Gasteiger partial charge in [-0.05, 0) is 0 Å². The minimum Gasteiger partial charge on any atom is -0.395 e. The third-order valence-electron chi connectivity index (χ3n) is 2.62. The fourth-order valence-electron chi connectivity index (χ4n) is 1.57. The van der Waals surface area contributed by atoms with E-state index in [1.165, 1.54) is 11.3 Å². The molecule has 7 heteroatoms. The molecule has 1 aromatic heterocycles. The standard InChI is InChI=1S/C12H21N3O3S/c1-14(2)12(18)7-11-13-10(9-19-11)8-15(3-5-16)4-6-17/h9,16-17H,3-8H2,1-2H3. The summed E-state index contributed by atoms with van der Waals surface area (Å²) in [5.74, 6) is 0.0310. The van der Waals surface area contributed by atoms with Crippen molar-refractivity contribution in [3.63, 3.8) is 0 Å². The summed E-state index contributed by atoms with van der Waals surface area (Å²) in [6.45, 7) is 1.69. The van der Waals surface area contributed by atoms with Gasteiger partial charge in [0, 0.05) is 39.1 Å². The maximum absolute atomic E-state index is 11.6. The molecule has 0 atom stereocenters. The Balaban J connectivity index is 2.55. The number of rotatable bonds is 8. The Labute approximate surface area is 117 Å². The van der Waals surface area contributed by atoms with Crippen LogP contribution in [0, 0.1) is 0 Å². The van der Waals surface area contributed by atoms with E-state index in [1.807, 2.05) is 10.3 Å². The summed E-state index contributed by atoms with van der Waals surface area (Å²) >= 11 is 1.46. The Morgan fingerprint density at radius 1 is 1.32 bits per heavy atom. The van der Waals surface area contributed by atoms with Crippen molar-refractivity contribution in [1.82, 2.24) is 14.8 Å². The Kier molecular flexibility index (Phi) is 6.93. The summed E-state index contributed by atoms with van der Waals surface area (Å²) in [6, 6.07) is 0. The molecule has 0 radical (unpaired) electrons. The zero-order valence-electron chi connectivity index (χ0n) is 11.4. The first kappa shape index (κ1) is 16.0. The van der Waals surface area contributed by atoms with Crippen molar-refractivity contribution < 1.29 is 15.0 Å². The lowest BCUT2D eigenvalue weighted by Gasteiger charge is -2.18. The molecule has 108 valence electrons. The van der Waals surface area contributed by atoms with Crippen LogP contribution in [0.5, 0.6) is 0 Å². The highest BCUT2D eigenvalue weighted by atomic mass is 32.1. The molecular formula is C12H21N3O3S. The van der Waals surface area contributed by atoms with Crippen molar-refractivity contribution in [2.45, 2.75) is 13.0 Å². The van der Waals surface area contributed by atoms with Crippen molar-refractivity contribution in [2.24, 2.45) is 0 Å². The number of aliphatic hydroxyl groups is 2. The molecule has 1 amide bonds. The summed E-state index contributed by atoms with van der Waals surface area (Å²) in [4.78, 5) is 19.4. The smallest absolute Gasteiger partial charge is 0.228 e. The summed E-state index contributed by atoms with van der Waals surface area (Å²) in [6.07, 6.45) is 0.317. The molecule has 1 aromatic rings. The normalized spacial score (nSPS) is 11.0. The second kappa shape index (κ2) is 8.21. The van der Waals surface area contributed by atoms with E-state index < -0.39 is 0 Å². The van der Waals surface area contributed by atoms with Crippen molar-refractivity contribution in [3.05, 3.63) is 16.1 Å². The molecule has 0 aliphatic carbocycles. The van der Waals surface area contributed by atoms with Crippen molar-refractivity contribution in [3.8, 4) is 0 Å². The lowest BCUT2D eigenvalue weighted by atomic mass is 10.3. The summed E-state index contributed by atoms with van der Waals surface area (Å²) in [7, 11) is 3.45. The topological polar surface area (TPSA) is 76.9 Å². The summed E-state index contributed by atoms with van der Waals surface area (Å²) in [5, 5.41) is 20.6. The van der Waals surface area contributed by atoms with Crippen LogP contribution in [-0.2, 0) is 17.8 Å². The first-order chi connectivity index (χ1) is 9.06. The minimum atomic E-state index is 0.0310. The predicted octanol–water partition coefficient (Wildman–Crippen LogP) is -0.440. The molecule has 2 N–H and O–H groups in total. The van der Waals surface area contributed by atoms with Gasteiger partial charge in [-0.1, -0.05) is 0 Å². The second-order valence-electron chi connectivity index (χ2n) is 4.42. The zero-order valence-corrected chi connectivity index (χ0v) is 12.2. The minimum absolute atomic E-state index is 0.0310. The van der Waals surface area contributed by atoms with Crippen LogP contribution in [0.1, 0.15) is 10.7 Å². The number of nitrogens with zero attached hydrogens (tertiary/aromatic N) is 3. The summed E-state index contributed by atoms with van der Waals surface area (Å²) < 4.78 is 0. The van der Waals surface area contributed by atoms with E-state index in [1.54, 1.807) is 19.0 Å². The fraction of sp³-hybridized carbons (Fsp3) is 0.667. The van der Waals surface area contributed by atoms with E-state index in [0.29, 0.717) is 26.1 Å².